The van der Waals surface area contributed by atoms with Gasteiger partial charge in [0.25, 0.3) is 0 Å². The molecule has 0 bridgehead atoms. The Hall–Kier alpha value is -2.84. The van der Waals surface area contributed by atoms with E-state index >= 15 is 0 Å². The van der Waals surface area contributed by atoms with Crippen LogP contribution in [0.4, 0.5) is 4.39 Å². The second kappa shape index (κ2) is 6.81. The maximum absolute atomic E-state index is 13.2. The average Bonchev–Trinajstić information content (AvgIpc) is 3.21. The zero-order chi connectivity index (χ0) is 18.9. The molecule has 1 saturated heterocycles. The van der Waals surface area contributed by atoms with Gasteiger partial charge in [-0.25, -0.2) is 9.07 Å². The van der Waals surface area contributed by atoms with Crippen LogP contribution < -0.4 is 0 Å². The molecule has 0 spiro atoms. The summed E-state index contributed by atoms with van der Waals surface area (Å²) in [6.07, 6.45) is 0.678. The number of carboxylic acids is 1. The molecule has 1 aromatic heterocycles. The van der Waals surface area contributed by atoms with Crippen LogP contribution in [0.5, 0.6) is 0 Å². The van der Waals surface area contributed by atoms with Gasteiger partial charge in [0.2, 0.25) is 5.91 Å². The molecule has 0 saturated carbocycles. The van der Waals surface area contributed by atoms with Crippen molar-refractivity contribution in [3.8, 4) is 0 Å². The summed E-state index contributed by atoms with van der Waals surface area (Å²) in [4.78, 5) is 26.1. The van der Waals surface area contributed by atoms with Gasteiger partial charge in [0.05, 0.1) is 5.41 Å². The molecule has 2 aromatic rings. The number of hydrogen-bond acceptors (Lipinski definition) is 5. The Morgan fingerprint density at radius 1 is 1.35 bits per heavy atom. The van der Waals surface area contributed by atoms with Gasteiger partial charge in [-0.3, -0.25) is 9.59 Å². The van der Waals surface area contributed by atoms with Crippen LogP contribution in [0.15, 0.2) is 24.3 Å². The lowest BCUT2D eigenvalue weighted by atomic mass is 9.90. The van der Waals surface area contributed by atoms with Crippen LogP contribution in [0.2, 0.25) is 0 Å². The van der Waals surface area contributed by atoms with E-state index < -0.39 is 17.4 Å². The minimum Gasteiger partial charge on any atom is -0.481 e. The van der Waals surface area contributed by atoms with Crippen LogP contribution in [0.3, 0.4) is 0 Å². The van der Waals surface area contributed by atoms with Gasteiger partial charge in [0.1, 0.15) is 17.7 Å². The molecule has 1 N–H and O–H groups in total. The van der Waals surface area contributed by atoms with Crippen LogP contribution >= 0.6 is 0 Å². The molecule has 2 atom stereocenters. The summed E-state index contributed by atoms with van der Waals surface area (Å²) in [6.45, 7) is 3.83. The number of carboxylic acid groups (broad SMARTS) is 1. The molecule has 2 unspecified atom stereocenters. The van der Waals surface area contributed by atoms with E-state index in [1.54, 1.807) is 30.9 Å². The van der Waals surface area contributed by atoms with Crippen LogP contribution in [0.25, 0.3) is 0 Å². The summed E-state index contributed by atoms with van der Waals surface area (Å²) in [5.41, 5.74) is -0.189. The summed E-state index contributed by atoms with van der Waals surface area (Å²) >= 11 is 0. The summed E-state index contributed by atoms with van der Waals surface area (Å²) in [5, 5.41) is 20.7. The molecule has 1 amide bonds. The van der Waals surface area contributed by atoms with Crippen molar-refractivity contribution < 1.29 is 19.1 Å². The Balaban J connectivity index is 1.86. The van der Waals surface area contributed by atoms with Crippen LogP contribution in [0, 0.1) is 18.2 Å². The number of nitrogens with zero attached hydrogens (tertiary/aromatic N) is 5. The molecule has 1 aromatic carbocycles. The topological polar surface area (TPSA) is 101 Å². The lowest BCUT2D eigenvalue weighted by Gasteiger charge is -2.25. The minimum absolute atomic E-state index is 0.141. The standard InChI is InChI=1S/C17H20FN5O3/c1-11-19-20-21-23(11)14(9-12-3-5-13(18)6-4-12)15(24)22-8-7-17(2,10-22)16(25)26/h3-6,14H,7-10H2,1-2H3,(H,25,26). The highest BCUT2D eigenvalue weighted by molar-refractivity contribution is 5.83. The number of carbonyl (C=O) groups excluding carboxylic acids is 1. The van der Waals surface area contributed by atoms with E-state index in [4.69, 9.17) is 0 Å². The lowest BCUT2D eigenvalue weighted by Crippen LogP contribution is -2.40. The van der Waals surface area contributed by atoms with Gasteiger partial charge in [0.15, 0.2) is 0 Å². The van der Waals surface area contributed by atoms with Gasteiger partial charge in [0, 0.05) is 19.5 Å². The molecule has 0 radical (unpaired) electrons. The zero-order valence-corrected chi connectivity index (χ0v) is 14.6. The van der Waals surface area contributed by atoms with Crippen LogP contribution in [-0.2, 0) is 16.0 Å². The third kappa shape index (κ3) is 3.42. The number of aliphatic carboxylic acids is 1. The molecule has 1 aliphatic heterocycles. The first kappa shape index (κ1) is 18.0. The third-order valence-corrected chi connectivity index (χ3v) is 4.88. The molecule has 26 heavy (non-hydrogen) atoms. The van der Waals surface area contributed by atoms with Crippen molar-refractivity contribution in [2.45, 2.75) is 32.7 Å². The van der Waals surface area contributed by atoms with E-state index in [-0.39, 0.29) is 24.7 Å². The number of benzene rings is 1. The first-order valence-corrected chi connectivity index (χ1v) is 8.31. The van der Waals surface area contributed by atoms with E-state index in [1.807, 2.05) is 0 Å². The van der Waals surface area contributed by atoms with Crippen molar-refractivity contribution in [3.05, 3.63) is 41.5 Å². The van der Waals surface area contributed by atoms with E-state index in [0.29, 0.717) is 18.8 Å². The predicted octanol–water partition coefficient (Wildman–Crippen LogP) is 1.23. The molecule has 138 valence electrons. The van der Waals surface area contributed by atoms with Gasteiger partial charge < -0.3 is 10.0 Å². The summed E-state index contributed by atoms with van der Waals surface area (Å²) in [6, 6.07) is 5.18. The average molecular weight is 361 g/mol. The number of carbonyl (C=O) groups is 2. The van der Waals surface area contributed by atoms with Crippen molar-refractivity contribution in [3.63, 3.8) is 0 Å². The SMILES string of the molecule is Cc1nnnn1C(Cc1ccc(F)cc1)C(=O)N1CCC(C)(C(=O)O)C1. The highest BCUT2D eigenvalue weighted by Crippen LogP contribution is 2.32. The Morgan fingerprint density at radius 3 is 2.58 bits per heavy atom. The summed E-state index contributed by atoms with van der Waals surface area (Å²) in [5.74, 6) is -1.03. The number of amides is 1. The molecule has 3 rings (SSSR count). The molecule has 2 heterocycles. The molecule has 1 fully saturated rings. The maximum Gasteiger partial charge on any atom is 0.311 e. The molecule has 8 nitrogen and oxygen atoms in total. The minimum atomic E-state index is -0.953. The van der Waals surface area contributed by atoms with Gasteiger partial charge in [-0.05, 0) is 48.4 Å². The molecular weight excluding hydrogens is 341 g/mol. The highest BCUT2D eigenvalue weighted by atomic mass is 19.1. The largest absolute Gasteiger partial charge is 0.481 e. The number of tetrazole rings is 1. The summed E-state index contributed by atoms with van der Waals surface area (Å²) in [7, 11) is 0. The number of aromatic nitrogens is 4. The Labute approximate surface area is 149 Å². The number of hydrogen-bond donors (Lipinski definition) is 1. The fraction of sp³-hybridized carbons (Fsp3) is 0.471. The fourth-order valence-electron chi connectivity index (χ4n) is 3.18. The Kier molecular flexibility index (Phi) is 4.71. The second-order valence-electron chi connectivity index (χ2n) is 6.89. The fourth-order valence-corrected chi connectivity index (χ4v) is 3.18. The number of likely N-dealkylation sites (tertiary alicyclic amines) is 1. The smallest absolute Gasteiger partial charge is 0.311 e. The number of aryl methyl sites for hydroxylation is 1. The molecular formula is C17H20FN5O3. The zero-order valence-electron chi connectivity index (χ0n) is 14.6. The lowest BCUT2D eigenvalue weighted by molar-refractivity contribution is -0.147. The maximum atomic E-state index is 13.2. The summed E-state index contributed by atoms with van der Waals surface area (Å²) < 4.78 is 14.6. The number of rotatable bonds is 5. The van der Waals surface area contributed by atoms with Gasteiger partial charge in [-0.2, -0.15) is 0 Å². The quantitative estimate of drug-likeness (QED) is 0.859. The van der Waals surface area contributed by atoms with Gasteiger partial charge in [-0.1, -0.05) is 12.1 Å². The first-order valence-electron chi connectivity index (χ1n) is 8.31. The number of halogens is 1. The normalized spacial score (nSPS) is 21.0. The van der Waals surface area contributed by atoms with Gasteiger partial charge >= 0.3 is 5.97 Å². The van der Waals surface area contributed by atoms with E-state index in [2.05, 4.69) is 15.5 Å². The van der Waals surface area contributed by atoms with Crippen molar-refractivity contribution in [1.29, 1.82) is 0 Å². The first-order chi connectivity index (χ1) is 12.3. The Bertz CT molecular complexity index is 822. The highest BCUT2D eigenvalue weighted by Gasteiger charge is 2.44. The third-order valence-electron chi connectivity index (χ3n) is 4.88. The van der Waals surface area contributed by atoms with Crippen molar-refractivity contribution in [2.24, 2.45) is 5.41 Å². The van der Waals surface area contributed by atoms with Crippen molar-refractivity contribution in [2.75, 3.05) is 13.1 Å². The van der Waals surface area contributed by atoms with Crippen molar-refractivity contribution in [1.82, 2.24) is 25.1 Å². The molecule has 0 aliphatic carbocycles. The van der Waals surface area contributed by atoms with E-state index in [0.717, 1.165) is 5.56 Å². The van der Waals surface area contributed by atoms with Crippen LogP contribution in [-0.4, -0.2) is 55.2 Å². The molecule has 9 heteroatoms. The van der Waals surface area contributed by atoms with Crippen molar-refractivity contribution >= 4 is 11.9 Å². The molecule has 1 aliphatic rings. The monoisotopic (exact) mass is 361 g/mol. The van der Waals surface area contributed by atoms with Gasteiger partial charge in [-0.15, -0.1) is 5.10 Å². The Morgan fingerprint density at radius 2 is 2.04 bits per heavy atom. The van der Waals surface area contributed by atoms with Crippen LogP contribution in [0.1, 0.15) is 30.8 Å². The second-order valence-corrected chi connectivity index (χ2v) is 6.89. The van der Waals surface area contributed by atoms with E-state index in [1.165, 1.54) is 16.8 Å². The van der Waals surface area contributed by atoms with E-state index in [9.17, 15) is 19.1 Å². The predicted molar refractivity (Wildman–Crippen MR) is 88.6 cm³/mol.